The molecule has 1 unspecified atom stereocenters. The van der Waals surface area contributed by atoms with Crippen LogP contribution in [0.25, 0.3) is 0 Å². The van der Waals surface area contributed by atoms with Crippen LogP contribution in [0.2, 0.25) is 0 Å². The zero-order chi connectivity index (χ0) is 10.7. The van der Waals surface area contributed by atoms with Gasteiger partial charge in [0.1, 0.15) is 12.1 Å². The molecule has 15 heavy (non-hydrogen) atoms. The third-order valence-corrected chi connectivity index (χ3v) is 1.97. The van der Waals surface area contributed by atoms with E-state index >= 15 is 0 Å². The summed E-state index contributed by atoms with van der Waals surface area (Å²) in [6, 6.07) is 9.39. The Labute approximate surface area is 86.3 Å². The standard InChI is InChI=1S/C10H11N3O2/c1-8(13-7-11-10(14)12-13)15-9-5-3-2-4-6-9/h2-8H,1H3,(H,12,14). The summed E-state index contributed by atoms with van der Waals surface area (Å²) in [6.45, 7) is 1.82. The third-order valence-electron chi connectivity index (χ3n) is 1.97. The smallest absolute Gasteiger partial charge is 0.361 e. The highest BCUT2D eigenvalue weighted by molar-refractivity contribution is 5.20. The van der Waals surface area contributed by atoms with Crippen LogP contribution in [-0.4, -0.2) is 14.8 Å². The second-order valence-electron chi connectivity index (χ2n) is 3.10. The van der Waals surface area contributed by atoms with Crippen molar-refractivity contribution in [3.8, 4) is 5.75 Å². The predicted molar refractivity (Wildman–Crippen MR) is 54.6 cm³/mol. The van der Waals surface area contributed by atoms with Crippen molar-refractivity contribution in [3.05, 3.63) is 47.1 Å². The molecule has 1 N–H and O–H groups in total. The van der Waals surface area contributed by atoms with E-state index in [1.807, 2.05) is 37.3 Å². The first-order valence-corrected chi connectivity index (χ1v) is 4.60. The summed E-state index contributed by atoms with van der Waals surface area (Å²) in [5.41, 5.74) is -0.376. The van der Waals surface area contributed by atoms with Crippen molar-refractivity contribution in [2.24, 2.45) is 0 Å². The van der Waals surface area contributed by atoms with Gasteiger partial charge in [0.25, 0.3) is 0 Å². The highest BCUT2D eigenvalue weighted by Crippen LogP contribution is 2.14. The molecule has 5 heteroatoms. The van der Waals surface area contributed by atoms with Crippen LogP contribution < -0.4 is 10.4 Å². The molecule has 0 aliphatic heterocycles. The molecule has 0 saturated carbocycles. The van der Waals surface area contributed by atoms with Crippen LogP contribution in [0, 0.1) is 0 Å². The average Bonchev–Trinajstić information content (AvgIpc) is 2.66. The molecule has 0 bridgehead atoms. The molecule has 1 aromatic carbocycles. The quantitative estimate of drug-likeness (QED) is 0.818. The van der Waals surface area contributed by atoms with Crippen molar-refractivity contribution in [1.29, 1.82) is 0 Å². The van der Waals surface area contributed by atoms with Gasteiger partial charge in [-0.2, -0.15) is 4.98 Å². The van der Waals surface area contributed by atoms with Crippen LogP contribution in [-0.2, 0) is 0 Å². The van der Waals surface area contributed by atoms with E-state index in [4.69, 9.17) is 4.74 Å². The van der Waals surface area contributed by atoms with Gasteiger partial charge in [0.05, 0.1) is 0 Å². The molecule has 0 fully saturated rings. The molecule has 5 nitrogen and oxygen atoms in total. The second-order valence-corrected chi connectivity index (χ2v) is 3.10. The Balaban J connectivity index is 2.10. The topological polar surface area (TPSA) is 59.9 Å². The largest absolute Gasteiger partial charge is 0.469 e. The lowest BCUT2D eigenvalue weighted by Crippen LogP contribution is -2.15. The SMILES string of the molecule is CC(Oc1ccccc1)n1cnc(=O)[nH]1. The highest BCUT2D eigenvalue weighted by Gasteiger charge is 2.05. The van der Waals surface area contributed by atoms with Gasteiger partial charge in [0.15, 0.2) is 6.23 Å². The number of rotatable bonds is 3. The number of H-pyrrole nitrogens is 1. The van der Waals surface area contributed by atoms with Crippen molar-refractivity contribution in [3.63, 3.8) is 0 Å². The Bertz CT molecular complexity index is 475. The van der Waals surface area contributed by atoms with Crippen LogP contribution in [0.3, 0.4) is 0 Å². The molecule has 0 radical (unpaired) electrons. The maximum atomic E-state index is 10.8. The van der Waals surface area contributed by atoms with Crippen molar-refractivity contribution in [2.45, 2.75) is 13.2 Å². The maximum Gasteiger partial charge on any atom is 0.361 e. The van der Waals surface area contributed by atoms with E-state index in [9.17, 15) is 4.79 Å². The van der Waals surface area contributed by atoms with E-state index in [1.165, 1.54) is 11.0 Å². The summed E-state index contributed by atoms with van der Waals surface area (Å²) < 4.78 is 7.08. The summed E-state index contributed by atoms with van der Waals surface area (Å²) in [4.78, 5) is 14.4. The van der Waals surface area contributed by atoms with Crippen LogP contribution in [0.15, 0.2) is 41.5 Å². The van der Waals surface area contributed by atoms with Gasteiger partial charge in [0, 0.05) is 0 Å². The van der Waals surface area contributed by atoms with Gasteiger partial charge in [-0.25, -0.2) is 14.6 Å². The first kappa shape index (κ1) is 9.51. The first-order chi connectivity index (χ1) is 7.25. The number of benzene rings is 1. The molecule has 0 amide bonds. The minimum atomic E-state index is -0.376. The lowest BCUT2D eigenvalue weighted by atomic mass is 10.3. The Hall–Kier alpha value is -2.04. The Morgan fingerprint density at radius 1 is 1.40 bits per heavy atom. The van der Waals surface area contributed by atoms with E-state index in [0.29, 0.717) is 0 Å². The molecular formula is C10H11N3O2. The van der Waals surface area contributed by atoms with Gasteiger partial charge < -0.3 is 4.74 Å². The van der Waals surface area contributed by atoms with Gasteiger partial charge >= 0.3 is 5.69 Å². The minimum absolute atomic E-state index is 0.289. The number of ether oxygens (including phenoxy) is 1. The molecule has 2 aromatic rings. The molecule has 0 aliphatic rings. The summed E-state index contributed by atoms with van der Waals surface area (Å²) >= 11 is 0. The van der Waals surface area contributed by atoms with Gasteiger partial charge in [-0.15, -0.1) is 0 Å². The Morgan fingerprint density at radius 3 is 2.73 bits per heavy atom. The first-order valence-electron chi connectivity index (χ1n) is 4.60. The summed E-state index contributed by atoms with van der Waals surface area (Å²) in [6.07, 6.45) is 1.12. The van der Waals surface area contributed by atoms with Crippen molar-refractivity contribution in [1.82, 2.24) is 14.8 Å². The average molecular weight is 205 g/mol. The molecule has 1 heterocycles. The third kappa shape index (κ3) is 2.25. The van der Waals surface area contributed by atoms with E-state index in [0.717, 1.165) is 5.75 Å². The summed E-state index contributed by atoms with van der Waals surface area (Å²) in [5.74, 6) is 0.750. The molecule has 78 valence electrons. The monoisotopic (exact) mass is 205 g/mol. The molecule has 0 aliphatic carbocycles. The van der Waals surface area contributed by atoms with E-state index in [2.05, 4.69) is 10.1 Å². The number of aromatic amines is 1. The maximum absolute atomic E-state index is 10.8. The zero-order valence-corrected chi connectivity index (χ0v) is 8.25. The van der Waals surface area contributed by atoms with Gasteiger partial charge in [-0.3, -0.25) is 0 Å². The fourth-order valence-corrected chi connectivity index (χ4v) is 1.22. The second kappa shape index (κ2) is 4.00. The number of hydrogen-bond acceptors (Lipinski definition) is 3. The van der Waals surface area contributed by atoms with E-state index in [-0.39, 0.29) is 11.9 Å². The Kier molecular flexibility index (Phi) is 2.53. The number of nitrogens with zero attached hydrogens (tertiary/aromatic N) is 2. The van der Waals surface area contributed by atoms with E-state index in [1.54, 1.807) is 0 Å². The van der Waals surface area contributed by atoms with Gasteiger partial charge in [-0.05, 0) is 19.1 Å². The number of para-hydroxylation sites is 1. The zero-order valence-electron chi connectivity index (χ0n) is 8.25. The van der Waals surface area contributed by atoms with Crippen molar-refractivity contribution in [2.75, 3.05) is 0 Å². The number of aromatic nitrogens is 3. The highest BCUT2D eigenvalue weighted by atomic mass is 16.5. The number of hydrogen-bond donors (Lipinski definition) is 1. The minimum Gasteiger partial charge on any atom is -0.469 e. The predicted octanol–water partition coefficient (Wildman–Crippen LogP) is 1.17. The fraction of sp³-hybridized carbons (Fsp3) is 0.200. The molecule has 1 atom stereocenters. The Morgan fingerprint density at radius 2 is 2.13 bits per heavy atom. The van der Waals surface area contributed by atoms with Crippen molar-refractivity contribution < 1.29 is 4.74 Å². The van der Waals surface area contributed by atoms with Crippen LogP contribution in [0.4, 0.5) is 0 Å². The fourth-order valence-electron chi connectivity index (χ4n) is 1.22. The molecule has 0 spiro atoms. The van der Waals surface area contributed by atoms with E-state index < -0.39 is 0 Å². The normalized spacial score (nSPS) is 12.3. The summed E-state index contributed by atoms with van der Waals surface area (Å²) in [7, 11) is 0. The van der Waals surface area contributed by atoms with Crippen LogP contribution in [0.5, 0.6) is 5.75 Å². The van der Waals surface area contributed by atoms with Crippen LogP contribution in [0.1, 0.15) is 13.2 Å². The van der Waals surface area contributed by atoms with Gasteiger partial charge in [-0.1, -0.05) is 18.2 Å². The molecule has 1 aromatic heterocycles. The molecule has 2 rings (SSSR count). The summed E-state index contributed by atoms with van der Waals surface area (Å²) in [5, 5.41) is 2.52. The van der Waals surface area contributed by atoms with Gasteiger partial charge in [0.2, 0.25) is 0 Å². The lowest BCUT2D eigenvalue weighted by molar-refractivity contribution is 0.137. The molecule has 0 saturated heterocycles. The number of nitrogens with one attached hydrogen (secondary N) is 1. The lowest BCUT2D eigenvalue weighted by Gasteiger charge is -2.14. The van der Waals surface area contributed by atoms with Crippen molar-refractivity contribution >= 4 is 0 Å². The van der Waals surface area contributed by atoms with Crippen LogP contribution >= 0.6 is 0 Å². The molecular weight excluding hydrogens is 194 g/mol.